The predicted octanol–water partition coefficient (Wildman–Crippen LogP) is 4.26. The normalized spacial score (nSPS) is 10.1. The standard InChI is InChI=1S/C22H20N2O3/c1-16-7-9-18(10-8-16)23-21(25)15-27-20-13-11-19(12-14-20)24-22(26)17-5-3-2-4-6-17/h2-14H,15H2,1H3,(H,23,25)(H,24,26). The van der Waals surface area contributed by atoms with Gasteiger partial charge in [-0.25, -0.2) is 0 Å². The van der Waals surface area contributed by atoms with Crippen LogP contribution in [0.3, 0.4) is 0 Å². The van der Waals surface area contributed by atoms with Gasteiger partial charge in [0.15, 0.2) is 6.61 Å². The Bertz CT molecular complexity index is 905. The van der Waals surface area contributed by atoms with Crippen LogP contribution in [-0.4, -0.2) is 18.4 Å². The van der Waals surface area contributed by atoms with Gasteiger partial charge in [-0.1, -0.05) is 35.9 Å². The molecule has 3 aromatic carbocycles. The van der Waals surface area contributed by atoms with E-state index in [-0.39, 0.29) is 18.4 Å². The van der Waals surface area contributed by atoms with Crippen LogP contribution < -0.4 is 15.4 Å². The number of ether oxygens (including phenoxy) is 1. The molecule has 0 spiro atoms. The lowest BCUT2D eigenvalue weighted by Gasteiger charge is -2.09. The highest BCUT2D eigenvalue weighted by atomic mass is 16.5. The minimum absolute atomic E-state index is 0.0937. The van der Waals surface area contributed by atoms with Crippen LogP contribution in [0.25, 0.3) is 0 Å². The van der Waals surface area contributed by atoms with E-state index in [1.807, 2.05) is 49.4 Å². The number of benzene rings is 3. The molecule has 0 aliphatic carbocycles. The fraction of sp³-hybridized carbons (Fsp3) is 0.0909. The van der Waals surface area contributed by atoms with Gasteiger partial charge in [-0.15, -0.1) is 0 Å². The maximum atomic E-state index is 12.1. The molecule has 3 aromatic rings. The van der Waals surface area contributed by atoms with Crippen LogP contribution in [0.1, 0.15) is 15.9 Å². The molecular formula is C22H20N2O3. The van der Waals surface area contributed by atoms with Gasteiger partial charge in [-0.3, -0.25) is 9.59 Å². The number of rotatable bonds is 6. The molecule has 0 radical (unpaired) electrons. The van der Waals surface area contributed by atoms with Gasteiger partial charge in [0.2, 0.25) is 0 Å². The molecule has 0 saturated heterocycles. The number of aryl methyl sites for hydroxylation is 1. The number of nitrogens with one attached hydrogen (secondary N) is 2. The first-order chi connectivity index (χ1) is 13.1. The number of carbonyl (C=O) groups is 2. The number of amides is 2. The second-order valence-electron chi connectivity index (χ2n) is 6.05. The number of hydrogen-bond acceptors (Lipinski definition) is 3. The van der Waals surface area contributed by atoms with Crippen molar-refractivity contribution in [2.75, 3.05) is 17.2 Å². The summed E-state index contributed by atoms with van der Waals surface area (Å²) in [6, 6.07) is 23.4. The molecule has 136 valence electrons. The van der Waals surface area contributed by atoms with Crippen LogP contribution in [0, 0.1) is 6.92 Å². The molecule has 2 N–H and O–H groups in total. The van der Waals surface area contributed by atoms with Crippen LogP contribution in [-0.2, 0) is 4.79 Å². The second-order valence-corrected chi connectivity index (χ2v) is 6.05. The van der Waals surface area contributed by atoms with Crippen LogP contribution in [0.15, 0.2) is 78.9 Å². The molecule has 27 heavy (non-hydrogen) atoms. The van der Waals surface area contributed by atoms with Crippen molar-refractivity contribution in [1.29, 1.82) is 0 Å². The monoisotopic (exact) mass is 360 g/mol. The zero-order valence-electron chi connectivity index (χ0n) is 14.9. The minimum Gasteiger partial charge on any atom is -0.484 e. The SMILES string of the molecule is Cc1ccc(NC(=O)COc2ccc(NC(=O)c3ccccc3)cc2)cc1. The molecule has 0 aromatic heterocycles. The van der Waals surface area contributed by atoms with Gasteiger partial charge in [-0.2, -0.15) is 0 Å². The summed E-state index contributed by atoms with van der Waals surface area (Å²) in [5, 5.41) is 5.59. The van der Waals surface area contributed by atoms with E-state index in [0.717, 1.165) is 11.3 Å². The number of anilines is 2. The summed E-state index contributed by atoms with van der Waals surface area (Å²) in [7, 11) is 0. The van der Waals surface area contributed by atoms with Crippen LogP contribution in [0.5, 0.6) is 5.75 Å². The summed E-state index contributed by atoms with van der Waals surface area (Å²) in [6.07, 6.45) is 0. The van der Waals surface area contributed by atoms with Gasteiger partial charge >= 0.3 is 0 Å². The van der Waals surface area contributed by atoms with E-state index in [9.17, 15) is 9.59 Å². The maximum Gasteiger partial charge on any atom is 0.262 e. The molecule has 0 atom stereocenters. The lowest BCUT2D eigenvalue weighted by molar-refractivity contribution is -0.118. The molecule has 5 heteroatoms. The van der Waals surface area contributed by atoms with Gasteiger partial charge in [0, 0.05) is 16.9 Å². The van der Waals surface area contributed by atoms with E-state index >= 15 is 0 Å². The molecule has 2 amide bonds. The third-order valence-corrected chi connectivity index (χ3v) is 3.85. The second kappa shape index (κ2) is 8.67. The Morgan fingerprint density at radius 3 is 2.04 bits per heavy atom. The van der Waals surface area contributed by atoms with Crippen molar-refractivity contribution in [3.05, 3.63) is 90.0 Å². The highest BCUT2D eigenvalue weighted by Gasteiger charge is 2.06. The average Bonchev–Trinajstić information content (AvgIpc) is 2.70. The molecule has 0 saturated carbocycles. The zero-order valence-corrected chi connectivity index (χ0v) is 14.9. The lowest BCUT2D eigenvalue weighted by Crippen LogP contribution is -2.20. The summed E-state index contributed by atoms with van der Waals surface area (Å²) in [5.41, 5.74) is 3.10. The molecule has 0 aliphatic rings. The fourth-order valence-electron chi connectivity index (χ4n) is 2.41. The third kappa shape index (κ3) is 5.44. The molecule has 0 aliphatic heterocycles. The van der Waals surface area contributed by atoms with Crippen molar-refractivity contribution in [2.24, 2.45) is 0 Å². The van der Waals surface area contributed by atoms with Gasteiger partial charge in [0.05, 0.1) is 0 Å². The van der Waals surface area contributed by atoms with Crippen LogP contribution >= 0.6 is 0 Å². The van der Waals surface area contributed by atoms with Crippen LogP contribution in [0.4, 0.5) is 11.4 Å². The molecule has 0 unspecified atom stereocenters. The van der Waals surface area contributed by atoms with Gasteiger partial charge in [0.1, 0.15) is 5.75 Å². The Morgan fingerprint density at radius 1 is 0.778 bits per heavy atom. The Labute approximate surface area is 158 Å². The molecule has 0 heterocycles. The Morgan fingerprint density at radius 2 is 1.37 bits per heavy atom. The summed E-state index contributed by atoms with van der Waals surface area (Å²) in [6.45, 7) is 1.89. The topological polar surface area (TPSA) is 67.4 Å². The summed E-state index contributed by atoms with van der Waals surface area (Å²) >= 11 is 0. The van der Waals surface area contributed by atoms with Crippen molar-refractivity contribution in [2.45, 2.75) is 6.92 Å². The van der Waals surface area contributed by atoms with Crippen molar-refractivity contribution in [1.82, 2.24) is 0 Å². The third-order valence-electron chi connectivity index (χ3n) is 3.85. The first-order valence-electron chi connectivity index (χ1n) is 8.56. The van der Waals surface area contributed by atoms with Crippen molar-refractivity contribution < 1.29 is 14.3 Å². The smallest absolute Gasteiger partial charge is 0.262 e. The predicted molar refractivity (Wildman–Crippen MR) is 106 cm³/mol. The summed E-state index contributed by atoms with van der Waals surface area (Å²) in [5.74, 6) is 0.133. The highest BCUT2D eigenvalue weighted by molar-refractivity contribution is 6.04. The van der Waals surface area contributed by atoms with E-state index in [1.54, 1.807) is 36.4 Å². The summed E-state index contributed by atoms with van der Waals surface area (Å²) < 4.78 is 5.48. The first kappa shape index (κ1) is 18.2. The Kier molecular flexibility index (Phi) is 5.84. The maximum absolute atomic E-state index is 12.1. The Balaban J connectivity index is 1.49. The van der Waals surface area contributed by atoms with Crippen molar-refractivity contribution in [3.63, 3.8) is 0 Å². The minimum atomic E-state index is -0.236. The fourth-order valence-corrected chi connectivity index (χ4v) is 2.41. The van der Waals surface area contributed by atoms with Crippen LogP contribution in [0.2, 0.25) is 0 Å². The molecular weight excluding hydrogens is 340 g/mol. The van der Waals surface area contributed by atoms with Crippen molar-refractivity contribution >= 4 is 23.2 Å². The van der Waals surface area contributed by atoms with Gasteiger partial charge < -0.3 is 15.4 Å². The van der Waals surface area contributed by atoms with E-state index < -0.39 is 0 Å². The summed E-state index contributed by atoms with van der Waals surface area (Å²) in [4.78, 5) is 24.1. The van der Waals surface area contributed by atoms with E-state index in [1.165, 1.54) is 0 Å². The largest absolute Gasteiger partial charge is 0.484 e. The molecule has 5 nitrogen and oxygen atoms in total. The van der Waals surface area contributed by atoms with Crippen molar-refractivity contribution in [3.8, 4) is 5.75 Å². The highest BCUT2D eigenvalue weighted by Crippen LogP contribution is 2.17. The Hall–Kier alpha value is -3.60. The van der Waals surface area contributed by atoms with E-state index in [4.69, 9.17) is 4.74 Å². The molecule has 3 rings (SSSR count). The van der Waals surface area contributed by atoms with Gasteiger partial charge in [0.25, 0.3) is 11.8 Å². The van der Waals surface area contributed by atoms with Gasteiger partial charge in [-0.05, 0) is 55.5 Å². The number of carbonyl (C=O) groups excluding carboxylic acids is 2. The molecule has 0 bridgehead atoms. The quantitative estimate of drug-likeness (QED) is 0.690. The molecule has 0 fully saturated rings. The zero-order chi connectivity index (χ0) is 19.1. The average molecular weight is 360 g/mol. The van der Waals surface area contributed by atoms with E-state index in [0.29, 0.717) is 17.0 Å². The first-order valence-corrected chi connectivity index (χ1v) is 8.56. The lowest BCUT2D eigenvalue weighted by atomic mass is 10.2. The van der Waals surface area contributed by atoms with E-state index in [2.05, 4.69) is 10.6 Å². The number of hydrogen-bond donors (Lipinski definition) is 2.